The first-order valence-electron chi connectivity index (χ1n) is 5.75. The lowest BCUT2D eigenvalue weighted by molar-refractivity contribution is -0.145. The molecule has 0 fully saturated rings. The van der Waals surface area contributed by atoms with Crippen LogP contribution in [0, 0.1) is 0 Å². The van der Waals surface area contributed by atoms with Gasteiger partial charge in [-0.2, -0.15) is 0 Å². The third kappa shape index (κ3) is 3.28. The molecule has 0 aliphatic rings. The Bertz CT molecular complexity index is 733. The number of hydrogen-bond donors (Lipinski definition) is 1. The molecule has 0 saturated carbocycles. The Kier molecular flexibility index (Phi) is 3.96. The average Bonchev–Trinajstić information content (AvgIpc) is 2.79. The second kappa shape index (κ2) is 5.51. The summed E-state index contributed by atoms with van der Waals surface area (Å²) in [6.07, 6.45) is 0. The maximum atomic E-state index is 11.2. The Morgan fingerprint density at radius 2 is 2.10 bits per heavy atom. The molecule has 0 saturated heterocycles. The highest BCUT2D eigenvalue weighted by Crippen LogP contribution is 2.26. The van der Waals surface area contributed by atoms with Crippen molar-refractivity contribution >= 4 is 27.0 Å². The summed E-state index contributed by atoms with van der Waals surface area (Å²) < 4.78 is 37.4. The minimum atomic E-state index is -3.89. The molecule has 1 aromatic carbocycles. The van der Waals surface area contributed by atoms with E-state index in [1.165, 1.54) is 12.1 Å². The largest absolute Gasteiger partial charge is 0.482 e. The Labute approximate surface area is 115 Å². The molecule has 8 heteroatoms. The summed E-state index contributed by atoms with van der Waals surface area (Å²) in [7, 11) is -3.89. The van der Waals surface area contributed by atoms with Crippen molar-refractivity contribution in [2.24, 2.45) is 5.14 Å². The zero-order chi connectivity index (χ0) is 14.8. The highest BCUT2D eigenvalue weighted by Gasteiger charge is 2.15. The van der Waals surface area contributed by atoms with Crippen LogP contribution in [-0.4, -0.2) is 27.6 Å². The molecule has 0 bridgehead atoms. The van der Waals surface area contributed by atoms with Crippen molar-refractivity contribution in [1.82, 2.24) is 0 Å². The Morgan fingerprint density at radius 3 is 2.75 bits per heavy atom. The number of furan rings is 1. The van der Waals surface area contributed by atoms with Crippen molar-refractivity contribution in [3.05, 3.63) is 24.3 Å². The average molecular weight is 299 g/mol. The summed E-state index contributed by atoms with van der Waals surface area (Å²) in [6, 6.07) is 5.99. The van der Waals surface area contributed by atoms with Crippen LogP contribution in [0.1, 0.15) is 6.92 Å². The van der Waals surface area contributed by atoms with Crippen LogP contribution < -0.4 is 9.88 Å². The van der Waals surface area contributed by atoms with E-state index in [9.17, 15) is 13.2 Å². The molecular weight excluding hydrogens is 286 g/mol. The van der Waals surface area contributed by atoms with Crippen LogP contribution in [0.5, 0.6) is 5.75 Å². The standard InChI is InChI=1S/C12H13NO6S/c1-2-17-11(14)7-18-9-4-3-8-5-12(20(13,15)16)19-10(8)6-9/h3-6H,2,7H2,1H3,(H2,13,15,16). The fourth-order valence-electron chi connectivity index (χ4n) is 1.56. The SMILES string of the molecule is CCOC(=O)COc1ccc2cc(S(N)(=O)=O)oc2c1. The number of fused-ring (bicyclic) bond motifs is 1. The van der Waals surface area contributed by atoms with E-state index in [4.69, 9.17) is 19.0 Å². The second-order valence-corrected chi connectivity index (χ2v) is 5.40. The van der Waals surface area contributed by atoms with Crippen molar-refractivity contribution in [1.29, 1.82) is 0 Å². The topological polar surface area (TPSA) is 109 Å². The van der Waals surface area contributed by atoms with Crippen molar-refractivity contribution in [2.75, 3.05) is 13.2 Å². The van der Waals surface area contributed by atoms with Crippen molar-refractivity contribution in [2.45, 2.75) is 12.0 Å². The minimum Gasteiger partial charge on any atom is -0.482 e. The van der Waals surface area contributed by atoms with Gasteiger partial charge in [0.2, 0.25) is 5.09 Å². The molecule has 0 aliphatic carbocycles. The number of esters is 1. The van der Waals surface area contributed by atoms with E-state index in [0.717, 1.165) is 0 Å². The second-order valence-electron chi connectivity index (χ2n) is 3.90. The summed E-state index contributed by atoms with van der Waals surface area (Å²) in [6.45, 7) is 1.74. The number of carbonyl (C=O) groups is 1. The Balaban J connectivity index is 2.19. The van der Waals surface area contributed by atoms with Crippen molar-refractivity contribution in [3.63, 3.8) is 0 Å². The summed E-state index contributed by atoms with van der Waals surface area (Å²) in [5.74, 6) is -0.127. The summed E-state index contributed by atoms with van der Waals surface area (Å²) in [5, 5.41) is 5.22. The molecule has 7 nitrogen and oxygen atoms in total. The molecular formula is C12H13NO6S. The summed E-state index contributed by atoms with van der Waals surface area (Å²) in [4.78, 5) is 11.1. The van der Waals surface area contributed by atoms with Crippen molar-refractivity contribution < 1.29 is 27.1 Å². The molecule has 0 radical (unpaired) electrons. The van der Waals surface area contributed by atoms with Gasteiger partial charge in [0.1, 0.15) is 11.3 Å². The van der Waals surface area contributed by atoms with Crippen molar-refractivity contribution in [3.8, 4) is 5.75 Å². The van der Waals surface area contributed by atoms with Gasteiger partial charge in [0.05, 0.1) is 6.61 Å². The Morgan fingerprint density at radius 1 is 1.35 bits per heavy atom. The monoisotopic (exact) mass is 299 g/mol. The molecule has 20 heavy (non-hydrogen) atoms. The van der Waals surface area contributed by atoms with Crippen LogP contribution in [0.2, 0.25) is 0 Å². The van der Waals surface area contributed by atoms with E-state index in [0.29, 0.717) is 16.7 Å². The number of hydrogen-bond acceptors (Lipinski definition) is 6. The molecule has 1 aromatic heterocycles. The van der Waals surface area contributed by atoms with Crippen LogP contribution in [0.3, 0.4) is 0 Å². The van der Waals surface area contributed by atoms with Crippen LogP contribution >= 0.6 is 0 Å². The number of ether oxygens (including phenoxy) is 2. The summed E-state index contributed by atoms with van der Waals surface area (Å²) in [5.41, 5.74) is 0.301. The van der Waals surface area contributed by atoms with Gasteiger partial charge >= 0.3 is 5.97 Å². The lowest BCUT2D eigenvalue weighted by Crippen LogP contribution is -2.14. The smallest absolute Gasteiger partial charge is 0.344 e. The van der Waals surface area contributed by atoms with Crippen LogP contribution in [-0.2, 0) is 19.6 Å². The predicted molar refractivity (Wildman–Crippen MR) is 69.7 cm³/mol. The van der Waals surface area contributed by atoms with Crippen LogP contribution in [0.15, 0.2) is 33.8 Å². The number of nitrogens with two attached hydrogens (primary N) is 1. The molecule has 0 unspecified atom stereocenters. The van der Waals surface area contributed by atoms with Gasteiger partial charge in [-0.15, -0.1) is 0 Å². The van der Waals surface area contributed by atoms with Gasteiger partial charge in [0.15, 0.2) is 6.61 Å². The first kappa shape index (κ1) is 14.4. The van der Waals surface area contributed by atoms with Gasteiger partial charge in [-0.3, -0.25) is 0 Å². The van der Waals surface area contributed by atoms with E-state index < -0.39 is 16.0 Å². The molecule has 0 atom stereocenters. The van der Waals surface area contributed by atoms with Gasteiger partial charge < -0.3 is 13.9 Å². The minimum absolute atomic E-state index is 0.234. The van der Waals surface area contributed by atoms with Gasteiger partial charge in [-0.1, -0.05) is 0 Å². The van der Waals surface area contributed by atoms with E-state index in [-0.39, 0.29) is 18.3 Å². The van der Waals surface area contributed by atoms with Crippen LogP contribution in [0.4, 0.5) is 0 Å². The maximum Gasteiger partial charge on any atom is 0.344 e. The predicted octanol–water partition coefficient (Wildman–Crippen LogP) is 1.02. The quantitative estimate of drug-likeness (QED) is 0.826. The highest BCUT2D eigenvalue weighted by atomic mass is 32.2. The molecule has 2 N–H and O–H groups in total. The fourth-order valence-corrected chi connectivity index (χ4v) is 2.06. The van der Waals surface area contributed by atoms with Gasteiger partial charge in [-0.25, -0.2) is 18.4 Å². The molecule has 108 valence electrons. The molecule has 2 aromatic rings. The molecule has 0 spiro atoms. The number of primary sulfonamides is 1. The number of rotatable bonds is 5. The molecule has 1 heterocycles. The van der Waals surface area contributed by atoms with Gasteiger partial charge in [0.25, 0.3) is 10.0 Å². The van der Waals surface area contributed by atoms with E-state index in [1.807, 2.05) is 0 Å². The zero-order valence-electron chi connectivity index (χ0n) is 10.7. The first-order valence-corrected chi connectivity index (χ1v) is 7.29. The lowest BCUT2D eigenvalue weighted by Gasteiger charge is -2.05. The molecule has 0 amide bonds. The highest BCUT2D eigenvalue weighted by molar-refractivity contribution is 7.89. The molecule has 2 rings (SSSR count). The lowest BCUT2D eigenvalue weighted by atomic mass is 10.2. The summed E-state index contributed by atoms with van der Waals surface area (Å²) >= 11 is 0. The normalized spacial score (nSPS) is 11.5. The first-order chi connectivity index (χ1) is 9.40. The van der Waals surface area contributed by atoms with Gasteiger partial charge in [0, 0.05) is 17.5 Å². The Hall–Kier alpha value is -2.06. The number of sulfonamides is 1. The zero-order valence-corrected chi connectivity index (χ0v) is 11.5. The molecule has 0 aliphatic heterocycles. The van der Waals surface area contributed by atoms with E-state index in [1.54, 1.807) is 19.1 Å². The number of benzene rings is 1. The van der Waals surface area contributed by atoms with E-state index in [2.05, 4.69) is 0 Å². The third-order valence-corrected chi connectivity index (χ3v) is 3.17. The van der Waals surface area contributed by atoms with Gasteiger partial charge in [-0.05, 0) is 19.1 Å². The number of carbonyl (C=O) groups excluding carboxylic acids is 1. The van der Waals surface area contributed by atoms with Crippen LogP contribution in [0.25, 0.3) is 11.0 Å². The third-order valence-electron chi connectivity index (χ3n) is 2.41. The maximum absolute atomic E-state index is 11.2. The van der Waals surface area contributed by atoms with E-state index >= 15 is 0 Å². The fraction of sp³-hybridized carbons (Fsp3) is 0.250.